The maximum Gasteiger partial charge on any atom is 0.336 e. The van der Waals surface area contributed by atoms with Crippen LogP contribution < -0.4 is 0 Å². The van der Waals surface area contributed by atoms with Crippen LogP contribution in [0.3, 0.4) is 0 Å². The van der Waals surface area contributed by atoms with Crippen LogP contribution in [0.25, 0.3) is 39.5 Å². The smallest absolute Gasteiger partial charge is 0.336 e. The standard InChI is InChI=1S/C30H23N3O2/c34-30(35)27-24-15-7-8-17-26(24)31-29-21(12-9-16-25(27)29)18-22-19-33(23-13-5-2-6-14-23)32-28(22)20-10-3-1-4-11-20/h1-8,10-11,13-15,17-19H,9,12,16H2,(H,34,35)/b21-18-. The van der Waals surface area contributed by atoms with Crippen molar-refractivity contribution in [3.63, 3.8) is 0 Å². The molecule has 3 aromatic carbocycles. The molecule has 0 fully saturated rings. The van der Waals surface area contributed by atoms with Crippen LogP contribution in [0.4, 0.5) is 0 Å². The van der Waals surface area contributed by atoms with E-state index >= 15 is 0 Å². The molecule has 35 heavy (non-hydrogen) atoms. The summed E-state index contributed by atoms with van der Waals surface area (Å²) in [5.41, 5.74) is 7.62. The minimum Gasteiger partial charge on any atom is -0.478 e. The highest BCUT2D eigenvalue weighted by Gasteiger charge is 2.25. The molecule has 1 aliphatic rings. The molecule has 5 nitrogen and oxygen atoms in total. The van der Waals surface area contributed by atoms with Crippen LogP contribution in [0.15, 0.2) is 91.1 Å². The second kappa shape index (κ2) is 8.69. The summed E-state index contributed by atoms with van der Waals surface area (Å²) in [5.74, 6) is -0.900. The maximum atomic E-state index is 12.3. The topological polar surface area (TPSA) is 68.0 Å². The van der Waals surface area contributed by atoms with Crippen molar-refractivity contribution in [1.82, 2.24) is 14.8 Å². The summed E-state index contributed by atoms with van der Waals surface area (Å²) in [6.07, 6.45) is 6.61. The number of benzene rings is 3. The summed E-state index contributed by atoms with van der Waals surface area (Å²) < 4.78 is 1.90. The Bertz CT molecular complexity index is 1580. The zero-order chi connectivity index (χ0) is 23.8. The van der Waals surface area contributed by atoms with E-state index < -0.39 is 5.97 Å². The van der Waals surface area contributed by atoms with Crippen LogP contribution in [0.1, 0.15) is 40.0 Å². The molecular formula is C30H23N3O2. The monoisotopic (exact) mass is 457 g/mol. The van der Waals surface area contributed by atoms with E-state index in [9.17, 15) is 9.90 Å². The molecule has 6 rings (SSSR count). The molecule has 0 bridgehead atoms. The second-order valence-corrected chi connectivity index (χ2v) is 8.74. The predicted octanol–water partition coefficient (Wildman–Crippen LogP) is 6.66. The van der Waals surface area contributed by atoms with E-state index in [-0.39, 0.29) is 0 Å². The summed E-state index contributed by atoms with van der Waals surface area (Å²) in [5, 5.41) is 15.7. The minimum absolute atomic E-state index is 0.375. The number of fused-ring (bicyclic) bond motifs is 2. The highest BCUT2D eigenvalue weighted by atomic mass is 16.4. The zero-order valence-corrected chi connectivity index (χ0v) is 19.1. The van der Waals surface area contributed by atoms with Gasteiger partial charge in [-0.2, -0.15) is 5.10 Å². The zero-order valence-electron chi connectivity index (χ0n) is 19.1. The first-order valence-corrected chi connectivity index (χ1v) is 11.8. The van der Waals surface area contributed by atoms with Gasteiger partial charge in [0, 0.05) is 22.7 Å². The quantitative estimate of drug-likeness (QED) is 0.328. The van der Waals surface area contributed by atoms with E-state index in [4.69, 9.17) is 10.1 Å². The summed E-state index contributed by atoms with van der Waals surface area (Å²) in [6.45, 7) is 0. The molecule has 0 atom stereocenters. The van der Waals surface area contributed by atoms with Crippen molar-refractivity contribution in [3.8, 4) is 16.9 Å². The van der Waals surface area contributed by atoms with Gasteiger partial charge in [-0.15, -0.1) is 0 Å². The summed E-state index contributed by atoms with van der Waals surface area (Å²) >= 11 is 0. The number of rotatable bonds is 4. The van der Waals surface area contributed by atoms with Crippen molar-refractivity contribution in [2.45, 2.75) is 19.3 Å². The molecule has 5 aromatic rings. The Hall–Kier alpha value is -4.51. The van der Waals surface area contributed by atoms with Gasteiger partial charge in [0.15, 0.2) is 0 Å². The summed E-state index contributed by atoms with van der Waals surface area (Å²) in [7, 11) is 0. The average molecular weight is 458 g/mol. The largest absolute Gasteiger partial charge is 0.478 e. The Balaban J connectivity index is 1.56. The molecule has 1 aliphatic carbocycles. The van der Waals surface area contributed by atoms with E-state index in [1.807, 2.05) is 83.7 Å². The molecule has 5 heteroatoms. The third-order valence-electron chi connectivity index (χ3n) is 6.52. The van der Waals surface area contributed by atoms with Gasteiger partial charge in [-0.25, -0.2) is 14.5 Å². The Morgan fingerprint density at radius 2 is 1.57 bits per heavy atom. The lowest BCUT2D eigenvalue weighted by molar-refractivity contribution is 0.0697. The number of aromatic nitrogens is 3. The number of carboxylic acids is 1. The van der Waals surface area contributed by atoms with Crippen molar-refractivity contribution in [2.24, 2.45) is 0 Å². The van der Waals surface area contributed by atoms with Crippen LogP contribution in [-0.4, -0.2) is 25.8 Å². The van der Waals surface area contributed by atoms with Crippen molar-refractivity contribution in [2.75, 3.05) is 0 Å². The molecule has 0 radical (unpaired) electrons. The molecule has 2 aromatic heterocycles. The SMILES string of the molecule is O=C(O)c1c2c(nc3ccccc13)/C(=C\c1cn(-c3ccccc3)nc1-c1ccccc1)CCC2. The first-order chi connectivity index (χ1) is 17.2. The molecule has 0 unspecified atom stereocenters. The van der Waals surface area contributed by atoms with Gasteiger partial charge < -0.3 is 5.11 Å². The van der Waals surface area contributed by atoms with Gasteiger partial charge in [-0.1, -0.05) is 66.7 Å². The van der Waals surface area contributed by atoms with Gasteiger partial charge in [0.25, 0.3) is 0 Å². The second-order valence-electron chi connectivity index (χ2n) is 8.74. The van der Waals surface area contributed by atoms with Crippen molar-refractivity contribution in [1.29, 1.82) is 0 Å². The molecule has 1 N–H and O–H groups in total. The lowest BCUT2D eigenvalue weighted by Crippen LogP contribution is -2.13. The van der Waals surface area contributed by atoms with Crippen LogP contribution in [0, 0.1) is 0 Å². The van der Waals surface area contributed by atoms with Gasteiger partial charge >= 0.3 is 5.97 Å². The van der Waals surface area contributed by atoms with Crippen LogP contribution in [0.5, 0.6) is 0 Å². The van der Waals surface area contributed by atoms with Crippen LogP contribution in [-0.2, 0) is 6.42 Å². The van der Waals surface area contributed by atoms with E-state index in [0.29, 0.717) is 22.9 Å². The van der Waals surface area contributed by atoms with Crippen molar-refractivity contribution < 1.29 is 9.90 Å². The molecule has 0 amide bonds. The number of hydrogen-bond acceptors (Lipinski definition) is 3. The number of carbonyl (C=O) groups is 1. The fourth-order valence-electron chi connectivity index (χ4n) is 4.93. The summed E-state index contributed by atoms with van der Waals surface area (Å²) in [6, 6.07) is 27.7. The normalized spacial score (nSPS) is 14.2. The molecule has 0 aliphatic heterocycles. The van der Waals surface area contributed by atoms with E-state index in [1.54, 1.807) is 0 Å². The highest BCUT2D eigenvalue weighted by molar-refractivity contribution is 6.06. The third kappa shape index (κ3) is 3.81. The number of nitrogens with zero attached hydrogens (tertiary/aromatic N) is 3. The van der Waals surface area contributed by atoms with Crippen molar-refractivity contribution in [3.05, 3.63) is 114 Å². The number of pyridine rings is 1. The molecule has 170 valence electrons. The number of allylic oxidation sites excluding steroid dienone is 1. The van der Waals surface area contributed by atoms with Gasteiger partial charge in [-0.05, 0) is 54.7 Å². The molecular weight excluding hydrogens is 434 g/mol. The lowest BCUT2D eigenvalue weighted by atomic mass is 9.86. The number of hydrogen-bond donors (Lipinski definition) is 1. The number of para-hydroxylation sites is 2. The van der Waals surface area contributed by atoms with Gasteiger partial charge in [0.2, 0.25) is 0 Å². The minimum atomic E-state index is -0.900. The summed E-state index contributed by atoms with van der Waals surface area (Å²) in [4.78, 5) is 17.2. The Labute approximate surface area is 203 Å². The van der Waals surface area contributed by atoms with E-state index in [0.717, 1.165) is 52.2 Å². The van der Waals surface area contributed by atoms with E-state index in [1.165, 1.54) is 0 Å². The Morgan fingerprint density at radius 3 is 2.34 bits per heavy atom. The van der Waals surface area contributed by atoms with Gasteiger partial charge in [0.05, 0.1) is 28.2 Å². The first kappa shape index (κ1) is 21.1. The fraction of sp³-hybridized carbons (Fsp3) is 0.100. The fourth-order valence-corrected chi connectivity index (χ4v) is 4.93. The molecule has 0 saturated carbocycles. The van der Waals surface area contributed by atoms with Gasteiger partial charge in [0.1, 0.15) is 0 Å². The lowest BCUT2D eigenvalue weighted by Gasteiger charge is -2.21. The molecule has 2 heterocycles. The third-order valence-corrected chi connectivity index (χ3v) is 6.52. The highest BCUT2D eigenvalue weighted by Crippen LogP contribution is 2.37. The Kier molecular flexibility index (Phi) is 5.23. The van der Waals surface area contributed by atoms with Gasteiger partial charge in [-0.3, -0.25) is 0 Å². The van der Waals surface area contributed by atoms with Crippen LogP contribution in [0.2, 0.25) is 0 Å². The Morgan fingerprint density at radius 1 is 0.857 bits per heavy atom. The molecule has 0 spiro atoms. The molecule has 0 saturated heterocycles. The number of carboxylic acid groups (broad SMARTS) is 1. The number of aromatic carboxylic acids is 1. The predicted molar refractivity (Wildman–Crippen MR) is 139 cm³/mol. The van der Waals surface area contributed by atoms with Crippen LogP contribution >= 0.6 is 0 Å². The van der Waals surface area contributed by atoms with E-state index in [2.05, 4.69) is 18.2 Å². The maximum absolute atomic E-state index is 12.3. The van der Waals surface area contributed by atoms with Crippen molar-refractivity contribution >= 4 is 28.5 Å². The first-order valence-electron chi connectivity index (χ1n) is 11.8. The average Bonchev–Trinajstić information content (AvgIpc) is 3.32.